The fourth-order valence-electron chi connectivity index (χ4n) is 4.12. The van der Waals surface area contributed by atoms with Crippen molar-refractivity contribution >= 4 is 16.8 Å². The zero-order valence-corrected chi connectivity index (χ0v) is 14.1. The van der Waals surface area contributed by atoms with E-state index in [2.05, 4.69) is 9.88 Å². The van der Waals surface area contributed by atoms with Crippen LogP contribution in [0.5, 0.6) is 0 Å². The predicted molar refractivity (Wildman–Crippen MR) is 94.3 cm³/mol. The van der Waals surface area contributed by atoms with E-state index in [1.807, 2.05) is 4.90 Å². The Balaban J connectivity index is 1.64. The van der Waals surface area contributed by atoms with Crippen LogP contribution >= 0.6 is 0 Å². The smallest absolute Gasteiger partial charge is 0.254 e. The van der Waals surface area contributed by atoms with Gasteiger partial charge in [0.15, 0.2) is 0 Å². The Morgan fingerprint density at radius 2 is 1.92 bits per heavy atom. The summed E-state index contributed by atoms with van der Waals surface area (Å²) >= 11 is 0. The Bertz CT molecular complexity index is 857. The van der Waals surface area contributed by atoms with E-state index >= 15 is 0 Å². The van der Waals surface area contributed by atoms with E-state index in [0.29, 0.717) is 35.6 Å². The monoisotopic (exact) mass is 343 g/mol. The first-order chi connectivity index (χ1) is 12.1. The molecule has 2 aliphatic rings. The Hall–Kier alpha value is -2.21. The lowest BCUT2D eigenvalue weighted by molar-refractivity contribution is 0.0609. The van der Waals surface area contributed by atoms with Gasteiger partial charge in [0.25, 0.3) is 5.91 Å². The number of aromatic nitrogens is 1. The first kappa shape index (κ1) is 16.3. The van der Waals surface area contributed by atoms with Gasteiger partial charge in [-0.05, 0) is 57.0 Å². The molecular weight excluding hydrogens is 321 g/mol. The molecule has 2 saturated heterocycles. The fourth-order valence-corrected chi connectivity index (χ4v) is 4.12. The maximum absolute atomic E-state index is 13.5. The Morgan fingerprint density at radius 1 is 1.12 bits per heavy atom. The van der Waals surface area contributed by atoms with Crippen LogP contribution in [0.25, 0.3) is 10.9 Å². The number of halogens is 1. The molecule has 1 atom stereocenters. The largest absolute Gasteiger partial charge is 0.337 e. The first-order valence-corrected chi connectivity index (χ1v) is 8.98. The topological polar surface area (TPSA) is 56.4 Å². The number of nitrogens with one attached hydrogen (secondary N) is 1. The molecular formula is C19H22FN3O2. The maximum Gasteiger partial charge on any atom is 0.254 e. The number of H-pyrrole nitrogens is 1. The average Bonchev–Trinajstić information content (AvgIpc) is 3.15. The zero-order valence-electron chi connectivity index (χ0n) is 14.1. The SMILES string of the molecule is O=C(c1cc(=O)[nH]c2cc(F)ccc12)N1CCCC(N2CCCC2)C1. The van der Waals surface area contributed by atoms with Crippen molar-refractivity contribution in [3.63, 3.8) is 0 Å². The second-order valence-electron chi connectivity index (χ2n) is 7.03. The highest BCUT2D eigenvalue weighted by Crippen LogP contribution is 2.23. The minimum absolute atomic E-state index is 0.133. The number of pyridine rings is 1. The number of hydrogen-bond acceptors (Lipinski definition) is 3. The number of carbonyl (C=O) groups excluding carboxylic acids is 1. The molecule has 6 heteroatoms. The van der Waals surface area contributed by atoms with Gasteiger partial charge < -0.3 is 9.88 Å². The molecule has 25 heavy (non-hydrogen) atoms. The van der Waals surface area contributed by atoms with Crippen LogP contribution in [0.4, 0.5) is 4.39 Å². The van der Waals surface area contributed by atoms with E-state index in [1.54, 1.807) is 6.07 Å². The summed E-state index contributed by atoms with van der Waals surface area (Å²) in [5, 5.41) is 0.592. The van der Waals surface area contributed by atoms with Crippen LogP contribution in [0.1, 0.15) is 36.0 Å². The molecule has 2 aromatic rings. The Labute approximate surface area is 145 Å². The lowest BCUT2D eigenvalue weighted by atomic mass is 10.0. The van der Waals surface area contributed by atoms with E-state index < -0.39 is 5.82 Å². The van der Waals surface area contributed by atoms with Crippen molar-refractivity contribution in [2.24, 2.45) is 0 Å². The minimum atomic E-state index is -0.431. The van der Waals surface area contributed by atoms with Crippen LogP contribution in [0.15, 0.2) is 29.1 Å². The van der Waals surface area contributed by atoms with Crippen molar-refractivity contribution in [3.8, 4) is 0 Å². The molecule has 3 heterocycles. The molecule has 1 unspecified atom stereocenters. The van der Waals surface area contributed by atoms with Crippen LogP contribution < -0.4 is 5.56 Å². The van der Waals surface area contributed by atoms with Gasteiger partial charge in [-0.1, -0.05) is 0 Å². The van der Waals surface area contributed by atoms with Gasteiger partial charge >= 0.3 is 0 Å². The number of fused-ring (bicyclic) bond motifs is 1. The number of amides is 1. The third-order valence-electron chi connectivity index (χ3n) is 5.38. The number of likely N-dealkylation sites (tertiary alicyclic amines) is 2. The molecule has 132 valence electrons. The summed E-state index contributed by atoms with van der Waals surface area (Å²) in [6.07, 6.45) is 4.55. The normalized spacial score (nSPS) is 21.8. The molecule has 1 aromatic heterocycles. The van der Waals surface area contributed by atoms with Gasteiger partial charge in [-0.15, -0.1) is 0 Å². The Kier molecular flexibility index (Phi) is 4.29. The van der Waals surface area contributed by atoms with Gasteiger partial charge in [0.2, 0.25) is 5.56 Å². The highest BCUT2D eigenvalue weighted by molar-refractivity contribution is 6.06. The van der Waals surface area contributed by atoms with Crippen molar-refractivity contribution in [2.75, 3.05) is 26.2 Å². The maximum atomic E-state index is 13.5. The zero-order chi connectivity index (χ0) is 17.4. The molecule has 1 aromatic carbocycles. The van der Waals surface area contributed by atoms with Crippen molar-refractivity contribution < 1.29 is 9.18 Å². The first-order valence-electron chi connectivity index (χ1n) is 8.98. The van der Waals surface area contributed by atoms with Crippen LogP contribution in [-0.2, 0) is 0 Å². The van der Waals surface area contributed by atoms with E-state index in [9.17, 15) is 14.0 Å². The quantitative estimate of drug-likeness (QED) is 0.911. The van der Waals surface area contributed by atoms with Gasteiger partial charge in [-0.3, -0.25) is 14.5 Å². The third kappa shape index (κ3) is 3.18. The number of rotatable bonds is 2. The summed E-state index contributed by atoms with van der Waals surface area (Å²) in [7, 11) is 0. The lowest BCUT2D eigenvalue weighted by Gasteiger charge is -2.37. The van der Waals surface area contributed by atoms with Gasteiger partial charge in [0, 0.05) is 30.6 Å². The van der Waals surface area contributed by atoms with Gasteiger partial charge in [-0.25, -0.2) is 4.39 Å². The number of piperidine rings is 1. The number of aromatic amines is 1. The van der Waals surface area contributed by atoms with Crippen molar-refractivity contribution in [1.29, 1.82) is 0 Å². The summed E-state index contributed by atoms with van der Waals surface area (Å²) in [4.78, 5) is 31.9. The number of hydrogen-bond donors (Lipinski definition) is 1. The van der Waals surface area contributed by atoms with E-state index in [1.165, 1.54) is 31.0 Å². The second-order valence-corrected chi connectivity index (χ2v) is 7.03. The number of carbonyl (C=O) groups is 1. The Morgan fingerprint density at radius 3 is 2.72 bits per heavy atom. The summed E-state index contributed by atoms with van der Waals surface area (Å²) in [6.45, 7) is 3.63. The molecule has 2 fully saturated rings. The van der Waals surface area contributed by atoms with Crippen LogP contribution in [0, 0.1) is 5.82 Å². The lowest BCUT2D eigenvalue weighted by Crippen LogP contribution is -2.49. The molecule has 5 nitrogen and oxygen atoms in total. The third-order valence-corrected chi connectivity index (χ3v) is 5.38. The molecule has 0 bridgehead atoms. The summed E-state index contributed by atoms with van der Waals surface area (Å²) < 4.78 is 13.5. The highest BCUT2D eigenvalue weighted by Gasteiger charge is 2.30. The van der Waals surface area contributed by atoms with Gasteiger partial charge in [-0.2, -0.15) is 0 Å². The van der Waals surface area contributed by atoms with Crippen LogP contribution in [0.3, 0.4) is 0 Å². The predicted octanol–water partition coefficient (Wildman–Crippen LogP) is 2.37. The molecule has 1 amide bonds. The highest BCUT2D eigenvalue weighted by atomic mass is 19.1. The summed E-state index contributed by atoms with van der Waals surface area (Å²) in [5.74, 6) is -0.563. The molecule has 0 saturated carbocycles. The summed E-state index contributed by atoms with van der Waals surface area (Å²) in [6, 6.07) is 5.89. The van der Waals surface area contributed by atoms with E-state index in [4.69, 9.17) is 0 Å². The van der Waals surface area contributed by atoms with Crippen molar-refractivity contribution in [1.82, 2.24) is 14.8 Å². The van der Waals surface area contributed by atoms with Crippen molar-refractivity contribution in [3.05, 3.63) is 46.0 Å². The average molecular weight is 343 g/mol. The molecule has 0 radical (unpaired) electrons. The minimum Gasteiger partial charge on any atom is -0.337 e. The number of nitrogens with zero attached hydrogens (tertiary/aromatic N) is 2. The van der Waals surface area contributed by atoms with Crippen molar-refractivity contribution in [2.45, 2.75) is 31.7 Å². The fraction of sp³-hybridized carbons (Fsp3) is 0.474. The van der Waals surface area contributed by atoms with Gasteiger partial charge in [0.1, 0.15) is 5.82 Å². The van der Waals surface area contributed by atoms with E-state index in [-0.39, 0.29) is 11.5 Å². The summed E-state index contributed by atoms with van der Waals surface area (Å²) in [5.41, 5.74) is 0.347. The molecule has 1 N–H and O–H groups in total. The molecule has 4 rings (SSSR count). The molecule has 0 spiro atoms. The molecule has 2 aliphatic heterocycles. The van der Waals surface area contributed by atoms with Gasteiger partial charge in [0.05, 0.1) is 11.1 Å². The van der Waals surface area contributed by atoms with Crippen LogP contribution in [-0.4, -0.2) is 52.9 Å². The van der Waals surface area contributed by atoms with Crippen LogP contribution in [0.2, 0.25) is 0 Å². The molecule has 0 aliphatic carbocycles. The standard InChI is InChI=1S/C19H22FN3O2/c20-13-5-6-15-16(11-18(24)21-17(15)10-13)19(25)23-9-3-4-14(12-23)22-7-1-2-8-22/h5-6,10-11,14H,1-4,7-9,12H2,(H,21,24). The second kappa shape index (κ2) is 6.59. The number of benzene rings is 1. The van der Waals surface area contributed by atoms with E-state index in [0.717, 1.165) is 25.9 Å².